The Labute approximate surface area is 108 Å². The highest BCUT2D eigenvalue weighted by molar-refractivity contribution is 5.60. The molecule has 3 rings (SSSR count). The van der Waals surface area contributed by atoms with E-state index in [4.69, 9.17) is 9.47 Å². The molecule has 1 aromatic heterocycles. The van der Waals surface area contributed by atoms with E-state index in [0.717, 1.165) is 31.1 Å². The van der Waals surface area contributed by atoms with Crippen LogP contribution in [0.15, 0.2) is 12.3 Å². The number of hydrogen-bond donors (Lipinski definition) is 0. The van der Waals surface area contributed by atoms with Crippen molar-refractivity contribution in [3.05, 3.63) is 17.8 Å². The Morgan fingerprint density at radius 3 is 3.06 bits per heavy atom. The van der Waals surface area contributed by atoms with Crippen LogP contribution in [0.5, 0.6) is 5.75 Å². The van der Waals surface area contributed by atoms with Gasteiger partial charge in [-0.15, -0.1) is 0 Å². The largest absolute Gasteiger partial charge is 0.487 e. The lowest BCUT2D eigenvalue weighted by atomic mass is 10.0. The lowest BCUT2D eigenvalue weighted by Gasteiger charge is -2.33. The van der Waals surface area contributed by atoms with Gasteiger partial charge in [-0.3, -0.25) is 0 Å². The number of aromatic nitrogens is 1. The summed E-state index contributed by atoms with van der Waals surface area (Å²) in [7, 11) is 1.78. The summed E-state index contributed by atoms with van der Waals surface area (Å²) < 4.78 is 11.4. The molecule has 4 heteroatoms. The maximum absolute atomic E-state index is 5.96. The molecule has 2 aliphatic heterocycles. The molecule has 2 atom stereocenters. The van der Waals surface area contributed by atoms with Crippen LogP contribution in [0.4, 0.5) is 5.82 Å². The van der Waals surface area contributed by atoms with Gasteiger partial charge in [0.05, 0.1) is 12.1 Å². The standard InChI is InChI=1S/C14H20N2O2/c1-9(2)12-4-5-15-14-13(12)18-8-10-6-11(17-3)7-16(10)14/h4-5,9-11H,6-8H2,1-3H3/t10-,11-/m0/s1. The van der Waals surface area contributed by atoms with Crippen LogP contribution in [0.1, 0.15) is 31.7 Å². The van der Waals surface area contributed by atoms with Gasteiger partial charge in [-0.05, 0) is 18.4 Å². The average Bonchev–Trinajstić information content (AvgIpc) is 2.81. The Bertz CT molecular complexity index is 447. The first kappa shape index (κ1) is 11.8. The predicted molar refractivity (Wildman–Crippen MR) is 70.4 cm³/mol. The van der Waals surface area contributed by atoms with Gasteiger partial charge in [0.1, 0.15) is 6.61 Å². The molecule has 0 saturated carbocycles. The third kappa shape index (κ3) is 1.75. The van der Waals surface area contributed by atoms with Gasteiger partial charge in [-0.2, -0.15) is 0 Å². The summed E-state index contributed by atoms with van der Waals surface area (Å²) in [5.74, 6) is 2.43. The summed E-state index contributed by atoms with van der Waals surface area (Å²) >= 11 is 0. The molecule has 98 valence electrons. The van der Waals surface area contributed by atoms with E-state index in [1.54, 1.807) is 7.11 Å². The summed E-state index contributed by atoms with van der Waals surface area (Å²) in [5.41, 5.74) is 1.25. The van der Waals surface area contributed by atoms with E-state index in [2.05, 4.69) is 29.8 Å². The van der Waals surface area contributed by atoms with E-state index in [0.29, 0.717) is 18.1 Å². The van der Waals surface area contributed by atoms with Crippen LogP contribution in [0.3, 0.4) is 0 Å². The van der Waals surface area contributed by atoms with Crippen LogP contribution in [-0.4, -0.2) is 37.4 Å². The molecule has 18 heavy (non-hydrogen) atoms. The van der Waals surface area contributed by atoms with Crippen molar-refractivity contribution in [1.82, 2.24) is 4.98 Å². The van der Waals surface area contributed by atoms with Gasteiger partial charge in [0.25, 0.3) is 0 Å². The molecule has 0 aromatic carbocycles. The smallest absolute Gasteiger partial charge is 0.172 e. The summed E-state index contributed by atoms with van der Waals surface area (Å²) in [4.78, 5) is 6.87. The maximum atomic E-state index is 5.96. The molecule has 0 radical (unpaired) electrons. The molecule has 0 amide bonds. The minimum Gasteiger partial charge on any atom is -0.487 e. The summed E-state index contributed by atoms with van der Waals surface area (Å²) in [6.45, 7) is 6.05. The number of ether oxygens (including phenoxy) is 2. The average molecular weight is 248 g/mol. The fourth-order valence-corrected chi connectivity index (χ4v) is 2.90. The third-order valence-electron chi connectivity index (χ3n) is 3.94. The van der Waals surface area contributed by atoms with Crippen molar-refractivity contribution in [2.45, 2.75) is 38.3 Å². The first-order valence-electron chi connectivity index (χ1n) is 6.61. The van der Waals surface area contributed by atoms with Gasteiger partial charge in [-0.25, -0.2) is 4.98 Å². The van der Waals surface area contributed by atoms with E-state index in [9.17, 15) is 0 Å². The van der Waals surface area contributed by atoms with E-state index in [1.807, 2.05) is 6.20 Å². The number of methoxy groups -OCH3 is 1. The number of nitrogens with zero attached hydrogens (tertiary/aromatic N) is 2. The first-order chi connectivity index (χ1) is 8.70. The van der Waals surface area contributed by atoms with Crippen molar-refractivity contribution in [2.24, 2.45) is 0 Å². The van der Waals surface area contributed by atoms with Crippen LogP contribution in [0.25, 0.3) is 0 Å². The normalized spacial score (nSPS) is 25.9. The van der Waals surface area contributed by atoms with Crippen molar-refractivity contribution in [2.75, 3.05) is 25.2 Å². The van der Waals surface area contributed by atoms with Crippen LogP contribution in [0, 0.1) is 0 Å². The zero-order chi connectivity index (χ0) is 12.7. The minimum absolute atomic E-state index is 0.300. The zero-order valence-corrected chi connectivity index (χ0v) is 11.2. The Hall–Kier alpha value is -1.29. The molecule has 3 heterocycles. The van der Waals surface area contributed by atoms with Gasteiger partial charge in [0.2, 0.25) is 0 Å². The highest BCUT2D eigenvalue weighted by atomic mass is 16.5. The minimum atomic E-state index is 0.300. The van der Waals surface area contributed by atoms with Crippen LogP contribution < -0.4 is 9.64 Å². The number of pyridine rings is 1. The topological polar surface area (TPSA) is 34.6 Å². The number of hydrogen-bond acceptors (Lipinski definition) is 4. The number of fused-ring (bicyclic) bond motifs is 3. The molecule has 0 N–H and O–H groups in total. The summed E-state index contributed by atoms with van der Waals surface area (Å²) in [6.07, 6.45) is 3.22. The lowest BCUT2D eigenvalue weighted by molar-refractivity contribution is 0.116. The van der Waals surface area contributed by atoms with Crippen molar-refractivity contribution in [1.29, 1.82) is 0 Å². The van der Waals surface area contributed by atoms with Crippen LogP contribution in [0.2, 0.25) is 0 Å². The van der Waals surface area contributed by atoms with Gasteiger partial charge in [-0.1, -0.05) is 13.8 Å². The molecule has 1 saturated heterocycles. The molecule has 2 aliphatic rings. The van der Waals surface area contributed by atoms with Gasteiger partial charge in [0.15, 0.2) is 11.6 Å². The molecule has 0 bridgehead atoms. The summed E-state index contributed by atoms with van der Waals surface area (Å²) in [6, 6.07) is 2.48. The Balaban J connectivity index is 1.98. The first-order valence-corrected chi connectivity index (χ1v) is 6.61. The quantitative estimate of drug-likeness (QED) is 0.803. The van der Waals surface area contributed by atoms with Gasteiger partial charge < -0.3 is 14.4 Å². The fraction of sp³-hybridized carbons (Fsp3) is 0.643. The number of rotatable bonds is 2. The predicted octanol–water partition coefficient (Wildman–Crippen LogP) is 2.19. The lowest BCUT2D eigenvalue weighted by Crippen LogP contribution is -2.39. The zero-order valence-electron chi connectivity index (χ0n) is 11.2. The van der Waals surface area contributed by atoms with E-state index in [-0.39, 0.29) is 0 Å². The van der Waals surface area contributed by atoms with E-state index in [1.165, 1.54) is 5.56 Å². The van der Waals surface area contributed by atoms with Crippen molar-refractivity contribution in [3.63, 3.8) is 0 Å². The van der Waals surface area contributed by atoms with Crippen molar-refractivity contribution < 1.29 is 9.47 Å². The molecular formula is C14H20N2O2. The molecule has 1 fully saturated rings. The Morgan fingerprint density at radius 1 is 1.50 bits per heavy atom. The second-order valence-corrected chi connectivity index (χ2v) is 5.42. The highest BCUT2D eigenvalue weighted by Crippen LogP contribution is 2.41. The van der Waals surface area contributed by atoms with Gasteiger partial charge >= 0.3 is 0 Å². The Morgan fingerprint density at radius 2 is 2.33 bits per heavy atom. The SMILES string of the molecule is CO[C@H]1C[C@H]2COc3c(C(C)C)ccnc3N2C1. The van der Waals surface area contributed by atoms with Crippen LogP contribution >= 0.6 is 0 Å². The monoisotopic (exact) mass is 248 g/mol. The maximum Gasteiger partial charge on any atom is 0.172 e. The number of anilines is 1. The molecule has 0 unspecified atom stereocenters. The molecular weight excluding hydrogens is 228 g/mol. The molecule has 0 spiro atoms. The van der Waals surface area contributed by atoms with Crippen molar-refractivity contribution >= 4 is 5.82 Å². The molecule has 0 aliphatic carbocycles. The Kier molecular flexibility index (Phi) is 2.90. The third-order valence-corrected chi connectivity index (χ3v) is 3.94. The van der Waals surface area contributed by atoms with E-state index >= 15 is 0 Å². The second-order valence-electron chi connectivity index (χ2n) is 5.42. The summed E-state index contributed by atoms with van der Waals surface area (Å²) in [5, 5.41) is 0. The van der Waals surface area contributed by atoms with Crippen LogP contribution in [-0.2, 0) is 4.74 Å². The van der Waals surface area contributed by atoms with E-state index < -0.39 is 0 Å². The van der Waals surface area contributed by atoms with Gasteiger partial charge in [0, 0.05) is 25.4 Å². The van der Waals surface area contributed by atoms with Crippen molar-refractivity contribution in [3.8, 4) is 5.75 Å². The fourth-order valence-electron chi connectivity index (χ4n) is 2.90. The molecule has 4 nitrogen and oxygen atoms in total. The molecule has 1 aromatic rings. The highest BCUT2D eigenvalue weighted by Gasteiger charge is 2.38. The second kappa shape index (κ2) is 4.43.